The molecule has 1 aliphatic heterocycles. The first-order valence-electron chi connectivity index (χ1n) is 10.7. The van der Waals surface area contributed by atoms with Crippen LogP contribution in [-0.2, 0) is 4.79 Å². The van der Waals surface area contributed by atoms with Crippen LogP contribution in [0.4, 0.5) is 8.78 Å². The number of nitrogens with zero attached hydrogens (tertiary/aromatic N) is 3. The van der Waals surface area contributed by atoms with Crippen molar-refractivity contribution in [2.45, 2.75) is 32.8 Å². The van der Waals surface area contributed by atoms with Crippen LogP contribution in [0.15, 0.2) is 58.7 Å². The molecule has 1 amide bonds. The second-order valence-electron chi connectivity index (χ2n) is 8.19. The molecular formula is C24H25F2N3O4. The SMILES string of the molecule is C=C1/C(=C(\C=C/C)c2noc(-c3ccc(OC(F)F)cc3)n2)CC[C@@]12CC(=O)N(CCO)C2. The van der Waals surface area contributed by atoms with Crippen molar-refractivity contribution in [1.82, 2.24) is 15.0 Å². The minimum atomic E-state index is -2.89. The summed E-state index contributed by atoms with van der Waals surface area (Å²) in [7, 11) is 0. The van der Waals surface area contributed by atoms with Crippen LogP contribution in [0.2, 0.25) is 0 Å². The Morgan fingerprint density at radius 2 is 2.15 bits per heavy atom. The van der Waals surface area contributed by atoms with E-state index in [-0.39, 0.29) is 29.6 Å². The number of aromatic nitrogens is 2. The van der Waals surface area contributed by atoms with E-state index in [1.807, 2.05) is 19.1 Å². The number of carbonyl (C=O) groups excluding carboxylic acids is 1. The van der Waals surface area contributed by atoms with Crippen molar-refractivity contribution >= 4 is 11.5 Å². The van der Waals surface area contributed by atoms with Crippen LogP contribution < -0.4 is 4.74 Å². The molecule has 2 aromatic rings. The van der Waals surface area contributed by atoms with Gasteiger partial charge in [-0.2, -0.15) is 13.8 Å². The lowest BCUT2D eigenvalue weighted by molar-refractivity contribution is -0.128. The van der Waals surface area contributed by atoms with Gasteiger partial charge in [0.05, 0.1) is 6.61 Å². The third-order valence-corrected chi connectivity index (χ3v) is 6.22. The van der Waals surface area contributed by atoms with E-state index >= 15 is 0 Å². The smallest absolute Gasteiger partial charge is 0.387 e. The number of allylic oxidation sites excluding steroid dienone is 4. The molecule has 1 saturated heterocycles. The molecule has 0 radical (unpaired) electrons. The number of rotatable bonds is 7. The lowest BCUT2D eigenvalue weighted by Crippen LogP contribution is -2.30. The van der Waals surface area contributed by atoms with Crippen molar-refractivity contribution in [3.63, 3.8) is 0 Å². The third kappa shape index (κ3) is 4.45. The van der Waals surface area contributed by atoms with Gasteiger partial charge in [0.1, 0.15) is 5.75 Å². The predicted octanol–water partition coefficient (Wildman–Crippen LogP) is 4.23. The van der Waals surface area contributed by atoms with Crippen LogP contribution in [0.25, 0.3) is 17.0 Å². The Labute approximate surface area is 190 Å². The summed E-state index contributed by atoms with van der Waals surface area (Å²) >= 11 is 0. The number of hydrogen-bond acceptors (Lipinski definition) is 6. The normalized spacial score (nSPS) is 22.4. The molecule has 4 rings (SSSR count). The first-order chi connectivity index (χ1) is 15.9. The molecule has 1 aromatic heterocycles. The van der Waals surface area contributed by atoms with Gasteiger partial charge in [-0.1, -0.05) is 23.9 Å². The number of amides is 1. The third-order valence-electron chi connectivity index (χ3n) is 6.22. The Bertz CT molecular complexity index is 1110. The highest BCUT2D eigenvalue weighted by Gasteiger charge is 2.49. The standard InChI is InChI=1S/C24H25F2N3O4/c1-3-4-19(18-9-10-24(15(18)2)13-20(31)29(14-24)11-12-30)21-27-22(33-28-21)16-5-7-17(8-6-16)32-23(25)26/h3-8,23,30H,2,9-14H2,1H3/b4-3-,19-18+/t24-/m0/s1. The summed E-state index contributed by atoms with van der Waals surface area (Å²) in [4.78, 5) is 18.6. The topological polar surface area (TPSA) is 88.7 Å². The van der Waals surface area contributed by atoms with Gasteiger partial charge >= 0.3 is 6.61 Å². The zero-order valence-electron chi connectivity index (χ0n) is 18.3. The summed E-state index contributed by atoms with van der Waals surface area (Å²) in [5.74, 6) is 0.708. The van der Waals surface area contributed by atoms with Gasteiger partial charge in [0.2, 0.25) is 11.7 Å². The molecule has 174 valence electrons. The average molecular weight is 457 g/mol. The number of halogens is 2. The van der Waals surface area contributed by atoms with Gasteiger partial charge in [-0.3, -0.25) is 4.79 Å². The van der Waals surface area contributed by atoms with E-state index in [0.29, 0.717) is 30.9 Å². The molecule has 1 saturated carbocycles. The lowest BCUT2D eigenvalue weighted by Gasteiger charge is -2.24. The van der Waals surface area contributed by atoms with Crippen molar-refractivity contribution in [2.75, 3.05) is 19.7 Å². The average Bonchev–Trinajstić information content (AvgIpc) is 3.47. The molecule has 2 aliphatic rings. The minimum Gasteiger partial charge on any atom is -0.435 e. The number of likely N-dealkylation sites (tertiary alicyclic amines) is 1. The molecule has 1 spiro atoms. The number of aliphatic hydroxyl groups is 1. The fourth-order valence-electron chi connectivity index (χ4n) is 4.59. The Balaban J connectivity index is 1.62. The van der Waals surface area contributed by atoms with Crippen LogP contribution in [0.1, 0.15) is 32.0 Å². The Hall–Kier alpha value is -3.33. The molecule has 7 nitrogen and oxygen atoms in total. The van der Waals surface area contributed by atoms with Crippen molar-refractivity contribution in [1.29, 1.82) is 0 Å². The van der Waals surface area contributed by atoms with Crippen molar-refractivity contribution in [2.24, 2.45) is 5.41 Å². The molecular weight excluding hydrogens is 432 g/mol. The van der Waals surface area contributed by atoms with Crippen molar-refractivity contribution in [3.05, 3.63) is 60.0 Å². The molecule has 33 heavy (non-hydrogen) atoms. The molecule has 2 heterocycles. The van der Waals surface area contributed by atoms with E-state index in [1.54, 1.807) is 17.0 Å². The van der Waals surface area contributed by atoms with Gasteiger partial charge < -0.3 is 19.3 Å². The molecule has 1 N–H and O–H groups in total. The van der Waals surface area contributed by atoms with Crippen LogP contribution in [0.5, 0.6) is 5.75 Å². The van der Waals surface area contributed by atoms with Crippen LogP contribution >= 0.6 is 0 Å². The first kappa shape index (κ1) is 22.8. The quantitative estimate of drug-likeness (QED) is 0.670. The van der Waals surface area contributed by atoms with E-state index in [9.17, 15) is 18.7 Å². The van der Waals surface area contributed by atoms with E-state index in [1.165, 1.54) is 12.1 Å². The van der Waals surface area contributed by atoms with E-state index in [4.69, 9.17) is 4.52 Å². The molecule has 0 unspecified atom stereocenters. The lowest BCUT2D eigenvalue weighted by atomic mass is 9.81. The highest BCUT2D eigenvalue weighted by atomic mass is 19.3. The number of alkyl halides is 2. The minimum absolute atomic E-state index is 0.0279. The fraction of sp³-hybridized carbons (Fsp3) is 0.375. The van der Waals surface area contributed by atoms with Crippen LogP contribution in [-0.4, -0.2) is 52.4 Å². The van der Waals surface area contributed by atoms with Gasteiger partial charge in [-0.15, -0.1) is 0 Å². The number of carbonyl (C=O) groups is 1. The van der Waals surface area contributed by atoms with E-state index in [2.05, 4.69) is 21.5 Å². The second-order valence-corrected chi connectivity index (χ2v) is 8.19. The number of ether oxygens (including phenoxy) is 1. The Morgan fingerprint density at radius 3 is 2.82 bits per heavy atom. The predicted molar refractivity (Wildman–Crippen MR) is 117 cm³/mol. The largest absolute Gasteiger partial charge is 0.435 e. The van der Waals surface area contributed by atoms with Gasteiger partial charge in [0.15, 0.2) is 0 Å². The highest BCUT2D eigenvalue weighted by molar-refractivity contribution is 5.83. The molecule has 2 fully saturated rings. The maximum absolute atomic E-state index is 12.4. The van der Waals surface area contributed by atoms with Gasteiger partial charge in [-0.05, 0) is 55.2 Å². The maximum atomic E-state index is 12.4. The molecule has 1 aromatic carbocycles. The zero-order chi connectivity index (χ0) is 23.6. The zero-order valence-corrected chi connectivity index (χ0v) is 18.3. The van der Waals surface area contributed by atoms with Gasteiger partial charge in [0.25, 0.3) is 5.89 Å². The number of hydrogen-bond donors (Lipinski definition) is 1. The van der Waals surface area contributed by atoms with Gasteiger partial charge in [0, 0.05) is 36.1 Å². The Morgan fingerprint density at radius 1 is 1.39 bits per heavy atom. The summed E-state index contributed by atoms with van der Waals surface area (Å²) in [6.07, 6.45) is 5.67. The first-order valence-corrected chi connectivity index (χ1v) is 10.7. The number of β-amino-alcohol motifs (C(OH)–C–C–N with tert-alkyl or cyclic N) is 1. The van der Waals surface area contributed by atoms with Crippen molar-refractivity contribution in [3.8, 4) is 17.2 Å². The molecule has 1 atom stereocenters. The molecule has 0 bridgehead atoms. The van der Waals surface area contributed by atoms with Crippen LogP contribution in [0, 0.1) is 5.41 Å². The van der Waals surface area contributed by atoms with Gasteiger partial charge in [-0.25, -0.2) is 0 Å². The number of benzene rings is 1. The highest BCUT2D eigenvalue weighted by Crippen LogP contribution is 2.53. The van der Waals surface area contributed by atoms with Crippen molar-refractivity contribution < 1.29 is 27.9 Å². The monoisotopic (exact) mass is 457 g/mol. The molecule has 1 aliphatic carbocycles. The summed E-state index contributed by atoms with van der Waals surface area (Å²) in [6, 6.07) is 5.96. The summed E-state index contributed by atoms with van der Waals surface area (Å²) in [6.45, 7) is 4.13. The van der Waals surface area contributed by atoms with E-state index < -0.39 is 6.61 Å². The summed E-state index contributed by atoms with van der Waals surface area (Å²) < 4.78 is 34.5. The van der Waals surface area contributed by atoms with Crippen LogP contribution in [0.3, 0.4) is 0 Å². The fourth-order valence-corrected chi connectivity index (χ4v) is 4.59. The molecule has 9 heteroatoms. The van der Waals surface area contributed by atoms with E-state index in [0.717, 1.165) is 29.6 Å². The maximum Gasteiger partial charge on any atom is 0.387 e. The number of aliphatic hydroxyl groups excluding tert-OH is 1. The summed E-state index contributed by atoms with van der Waals surface area (Å²) in [5.41, 5.74) is 2.88. The Kier molecular flexibility index (Phi) is 6.42. The second kappa shape index (κ2) is 9.27. The summed E-state index contributed by atoms with van der Waals surface area (Å²) in [5, 5.41) is 13.4.